The molecule has 5 aromatic rings. The van der Waals surface area contributed by atoms with Gasteiger partial charge in [0.1, 0.15) is 23.1 Å². The number of rotatable bonds is 6. The fourth-order valence-electron chi connectivity index (χ4n) is 4.42. The third-order valence-electron chi connectivity index (χ3n) is 6.08. The van der Waals surface area contributed by atoms with E-state index in [1.807, 2.05) is 43.4 Å². The molecule has 0 atom stereocenters. The number of hydrogen-bond donors (Lipinski definition) is 0. The van der Waals surface area contributed by atoms with Gasteiger partial charge in [0.15, 0.2) is 0 Å². The van der Waals surface area contributed by atoms with Crippen LogP contribution in [0.4, 0.5) is 4.39 Å². The molecule has 0 radical (unpaired) electrons. The van der Waals surface area contributed by atoms with Crippen molar-refractivity contribution in [3.8, 4) is 50.1 Å². The normalized spacial score (nSPS) is 11.1. The highest BCUT2D eigenvalue weighted by atomic mass is 32.1. The quantitative estimate of drug-likeness (QED) is 0.257. The number of methoxy groups -OCH3 is 3. The monoisotopic (exact) mass is 473 g/mol. The first kappa shape index (κ1) is 22.0. The molecule has 4 nitrogen and oxygen atoms in total. The molecule has 5 rings (SSSR count). The van der Waals surface area contributed by atoms with E-state index in [4.69, 9.17) is 14.2 Å². The first-order valence-electron chi connectivity index (χ1n) is 10.8. The third-order valence-corrected chi connectivity index (χ3v) is 6.97. The van der Waals surface area contributed by atoms with Gasteiger partial charge < -0.3 is 18.8 Å². The topological polar surface area (TPSA) is 32.6 Å². The molecule has 0 N–H and O–H groups in total. The van der Waals surface area contributed by atoms with Crippen LogP contribution in [-0.2, 0) is 7.05 Å². The summed E-state index contributed by atoms with van der Waals surface area (Å²) in [5.41, 5.74) is 5.52. The van der Waals surface area contributed by atoms with E-state index in [9.17, 15) is 4.39 Å². The van der Waals surface area contributed by atoms with Crippen LogP contribution in [0, 0.1) is 5.82 Å². The molecule has 3 aromatic carbocycles. The van der Waals surface area contributed by atoms with Gasteiger partial charge >= 0.3 is 0 Å². The zero-order valence-electron chi connectivity index (χ0n) is 19.4. The van der Waals surface area contributed by atoms with Crippen LogP contribution in [0.25, 0.3) is 43.7 Å². The highest BCUT2D eigenvalue weighted by Gasteiger charge is 2.21. The SMILES string of the molecule is COc1cc(OC)cc(-c2c(-c3cccs3)c3cc(-c4ccc(OC)cc4F)ccc3n2C)c1. The lowest BCUT2D eigenvalue weighted by atomic mass is 9.99. The summed E-state index contributed by atoms with van der Waals surface area (Å²) in [6.45, 7) is 0. The second-order valence-corrected chi connectivity index (χ2v) is 8.89. The van der Waals surface area contributed by atoms with Crippen LogP contribution in [0.3, 0.4) is 0 Å². The van der Waals surface area contributed by atoms with Crippen molar-refractivity contribution in [3.05, 3.63) is 77.9 Å². The first-order valence-corrected chi connectivity index (χ1v) is 11.7. The highest BCUT2D eigenvalue weighted by molar-refractivity contribution is 7.13. The van der Waals surface area contributed by atoms with Crippen LogP contribution in [-0.4, -0.2) is 25.9 Å². The predicted molar refractivity (Wildman–Crippen MR) is 137 cm³/mol. The number of ether oxygens (including phenoxy) is 3. The van der Waals surface area contributed by atoms with Gasteiger partial charge in [-0.05, 0) is 53.4 Å². The Morgan fingerprint density at radius 3 is 2.12 bits per heavy atom. The molecular formula is C28H24FNO3S. The van der Waals surface area contributed by atoms with Gasteiger partial charge in [-0.2, -0.15) is 0 Å². The predicted octanol–water partition coefficient (Wildman–Crippen LogP) is 7.41. The zero-order valence-corrected chi connectivity index (χ0v) is 20.2. The minimum absolute atomic E-state index is 0.315. The van der Waals surface area contributed by atoms with E-state index in [1.165, 1.54) is 13.2 Å². The molecule has 2 aromatic heterocycles. The maximum atomic E-state index is 14.9. The van der Waals surface area contributed by atoms with Gasteiger partial charge in [-0.3, -0.25) is 0 Å². The molecule has 34 heavy (non-hydrogen) atoms. The number of benzene rings is 3. The molecule has 0 saturated heterocycles. The number of aryl methyl sites for hydroxylation is 1. The van der Waals surface area contributed by atoms with E-state index < -0.39 is 0 Å². The number of nitrogens with zero attached hydrogens (tertiary/aromatic N) is 1. The average molecular weight is 474 g/mol. The van der Waals surface area contributed by atoms with Crippen molar-refractivity contribution >= 4 is 22.2 Å². The Bertz CT molecular complexity index is 1470. The Kier molecular flexibility index (Phi) is 5.75. The molecule has 0 amide bonds. The number of aromatic nitrogens is 1. The first-order chi connectivity index (χ1) is 16.5. The van der Waals surface area contributed by atoms with Crippen molar-refractivity contribution in [1.29, 1.82) is 0 Å². The minimum atomic E-state index is -0.315. The van der Waals surface area contributed by atoms with Crippen LogP contribution in [0.5, 0.6) is 17.2 Å². The van der Waals surface area contributed by atoms with E-state index in [-0.39, 0.29) is 5.82 Å². The Morgan fingerprint density at radius 1 is 0.765 bits per heavy atom. The van der Waals surface area contributed by atoms with E-state index in [0.717, 1.165) is 49.7 Å². The summed E-state index contributed by atoms with van der Waals surface area (Å²) in [7, 11) is 6.88. The lowest BCUT2D eigenvalue weighted by Crippen LogP contribution is -1.95. The molecule has 0 aliphatic heterocycles. The highest BCUT2D eigenvalue weighted by Crippen LogP contribution is 2.45. The second-order valence-electron chi connectivity index (χ2n) is 7.94. The molecule has 0 aliphatic carbocycles. The smallest absolute Gasteiger partial charge is 0.134 e. The summed E-state index contributed by atoms with van der Waals surface area (Å²) >= 11 is 1.68. The van der Waals surface area contributed by atoms with E-state index in [0.29, 0.717) is 11.3 Å². The standard InChI is InChI=1S/C28H24FNO3S/c1-30-25-10-7-17(22-9-8-19(31-2)16-24(22)29)14-23(25)27(26-6-5-11-34-26)28(30)18-12-20(32-3)15-21(13-18)33-4/h5-16H,1-4H3. The van der Waals surface area contributed by atoms with E-state index in [1.54, 1.807) is 37.7 Å². The Labute approximate surface area is 201 Å². The van der Waals surface area contributed by atoms with Gasteiger partial charge in [0.05, 0.1) is 27.0 Å². The zero-order chi connectivity index (χ0) is 23.8. The Hall–Kier alpha value is -3.77. The van der Waals surface area contributed by atoms with Crippen molar-refractivity contribution in [1.82, 2.24) is 4.57 Å². The van der Waals surface area contributed by atoms with Gasteiger partial charge in [0, 0.05) is 51.7 Å². The van der Waals surface area contributed by atoms with Gasteiger partial charge in [0.25, 0.3) is 0 Å². The molecule has 0 spiro atoms. The maximum Gasteiger partial charge on any atom is 0.134 e. The molecule has 0 bridgehead atoms. The largest absolute Gasteiger partial charge is 0.497 e. The summed E-state index contributed by atoms with van der Waals surface area (Å²) in [5.74, 6) is 1.62. The molecule has 172 valence electrons. The molecule has 0 saturated carbocycles. The van der Waals surface area contributed by atoms with Crippen LogP contribution >= 0.6 is 11.3 Å². The van der Waals surface area contributed by atoms with Gasteiger partial charge in [-0.15, -0.1) is 11.3 Å². The summed E-state index contributed by atoms with van der Waals surface area (Å²) < 4.78 is 33.3. The molecule has 0 fully saturated rings. The fourth-order valence-corrected chi connectivity index (χ4v) is 5.21. The van der Waals surface area contributed by atoms with Crippen molar-refractivity contribution in [2.45, 2.75) is 0 Å². The third kappa shape index (κ3) is 3.70. The second kappa shape index (κ2) is 8.88. The number of thiophene rings is 1. The molecule has 0 aliphatic rings. The number of halogens is 1. The fraction of sp³-hybridized carbons (Fsp3) is 0.143. The van der Waals surface area contributed by atoms with Gasteiger partial charge in [-0.25, -0.2) is 4.39 Å². The number of hydrogen-bond acceptors (Lipinski definition) is 4. The summed E-state index contributed by atoms with van der Waals surface area (Å²) in [6, 6.07) is 21.1. The van der Waals surface area contributed by atoms with Gasteiger partial charge in [0.2, 0.25) is 0 Å². The van der Waals surface area contributed by atoms with E-state index in [2.05, 4.69) is 22.1 Å². The maximum absolute atomic E-state index is 14.9. The minimum Gasteiger partial charge on any atom is -0.497 e. The lowest BCUT2D eigenvalue weighted by molar-refractivity contribution is 0.394. The summed E-state index contributed by atoms with van der Waals surface area (Å²) in [4.78, 5) is 1.13. The van der Waals surface area contributed by atoms with Crippen molar-refractivity contribution in [2.75, 3.05) is 21.3 Å². The van der Waals surface area contributed by atoms with E-state index >= 15 is 0 Å². The number of fused-ring (bicyclic) bond motifs is 1. The Morgan fingerprint density at radius 2 is 1.50 bits per heavy atom. The molecule has 2 heterocycles. The lowest BCUT2D eigenvalue weighted by Gasteiger charge is -2.11. The average Bonchev–Trinajstić information content (AvgIpc) is 3.49. The van der Waals surface area contributed by atoms with Crippen LogP contribution < -0.4 is 14.2 Å². The molecular weight excluding hydrogens is 449 g/mol. The van der Waals surface area contributed by atoms with Gasteiger partial charge in [-0.1, -0.05) is 12.1 Å². The van der Waals surface area contributed by atoms with Crippen molar-refractivity contribution < 1.29 is 18.6 Å². The van der Waals surface area contributed by atoms with Crippen LogP contribution in [0.1, 0.15) is 0 Å². The molecule has 0 unspecified atom stereocenters. The molecule has 6 heteroatoms. The van der Waals surface area contributed by atoms with Crippen molar-refractivity contribution in [2.24, 2.45) is 7.05 Å². The van der Waals surface area contributed by atoms with Crippen LogP contribution in [0.2, 0.25) is 0 Å². The summed E-state index contributed by atoms with van der Waals surface area (Å²) in [5, 5.41) is 3.12. The Balaban J connectivity index is 1.80. The van der Waals surface area contributed by atoms with Crippen molar-refractivity contribution in [3.63, 3.8) is 0 Å². The van der Waals surface area contributed by atoms with Crippen LogP contribution in [0.15, 0.2) is 72.1 Å². The summed E-state index contributed by atoms with van der Waals surface area (Å²) in [6.07, 6.45) is 0.